The summed E-state index contributed by atoms with van der Waals surface area (Å²) in [7, 11) is 0. The number of esters is 1. The summed E-state index contributed by atoms with van der Waals surface area (Å²) in [6.45, 7) is 12.5. The van der Waals surface area contributed by atoms with Crippen molar-refractivity contribution in [3.63, 3.8) is 0 Å². The SMILES string of the molecule is CCOC(=O)c1c(-c2ccc(C)c(C)c2)csc1NC(=O)c1ccc(C(C)(C)C)cc1. The van der Waals surface area contributed by atoms with Gasteiger partial charge in [0.25, 0.3) is 5.91 Å². The molecule has 3 rings (SSSR count). The van der Waals surface area contributed by atoms with Gasteiger partial charge >= 0.3 is 5.97 Å². The zero-order valence-electron chi connectivity index (χ0n) is 19.0. The van der Waals surface area contributed by atoms with Gasteiger partial charge < -0.3 is 10.1 Å². The van der Waals surface area contributed by atoms with E-state index in [1.165, 1.54) is 16.9 Å². The van der Waals surface area contributed by atoms with Crippen molar-refractivity contribution in [2.24, 2.45) is 0 Å². The minimum atomic E-state index is -0.435. The zero-order valence-corrected chi connectivity index (χ0v) is 19.8. The van der Waals surface area contributed by atoms with Crippen LogP contribution >= 0.6 is 11.3 Å². The quantitative estimate of drug-likeness (QED) is 0.451. The summed E-state index contributed by atoms with van der Waals surface area (Å²) in [5.74, 6) is -0.685. The Morgan fingerprint density at radius 3 is 2.26 bits per heavy atom. The largest absolute Gasteiger partial charge is 0.462 e. The number of aryl methyl sites for hydroxylation is 2. The Balaban J connectivity index is 1.95. The van der Waals surface area contributed by atoms with Gasteiger partial charge in [-0.2, -0.15) is 0 Å². The summed E-state index contributed by atoms with van der Waals surface area (Å²) < 4.78 is 5.30. The van der Waals surface area contributed by atoms with Crippen molar-refractivity contribution in [1.82, 2.24) is 0 Å². The second kappa shape index (κ2) is 9.06. The van der Waals surface area contributed by atoms with Gasteiger partial charge in [0.1, 0.15) is 10.6 Å². The summed E-state index contributed by atoms with van der Waals surface area (Å²) >= 11 is 1.33. The molecule has 1 heterocycles. The molecule has 0 aliphatic rings. The standard InChI is InChI=1S/C26H29NO3S/c1-7-30-25(29)22-21(19-9-8-16(2)17(3)14-19)15-31-24(22)27-23(28)18-10-12-20(13-11-18)26(4,5)6/h8-15H,7H2,1-6H3,(H,27,28). The first-order valence-electron chi connectivity index (χ1n) is 10.4. The number of carbonyl (C=O) groups excluding carboxylic acids is 2. The maximum Gasteiger partial charge on any atom is 0.341 e. The number of amides is 1. The van der Waals surface area contributed by atoms with Crippen LogP contribution in [-0.4, -0.2) is 18.5 Å². The summed E-state index contributed by atoms with van der Waals surface area (Å²) in [6, 6.07) is 13.6. The maximum absolute atomic E-state index is 12.9. The molecule has 0 radical (unpaired) electrons. The van der Waals surface area contributed by atoms with Gasteiger partial charge in [0.2, 0.25) is 0 Å². The number of thiophene rings is 1. The van der Waals surface area contributed by atoms with Crippen LogP contribution in [-0.2, 0) is 10.2 Å². The highest BCUT2D eigenvalue weighted by molar-refractivity contribution is 7.15. The minimum Gasteiger partial charge on any atom is -0.462 e. The topological polar surface area (TPSA) is 55.4 Å². The molecule has 1 amide bonds. The van der Waals surface area contributed by atoms with Crippen LogP contribution in [0, 0.1) is 13.8 Å². The first kappa shape index (κ1) is 22.8. The predicted octanol–water partition coefficient (Wildman–Crippen LogP) is 6.76. The van der Waals surface area contributed by atoms with Crippen LogP contribution in [0.5, 0.6) is 0 Å². The molecular formula is C26H29NO3S. The molecule has 0 saturated heterocycles. The number of benzene rings is 2. The van der Waals surface area contributed by atoms with Crippen LogP contribution in [0.1, 0.15) is 65.1 Å². The van der Waals surface area contributed by atoms with Crippen molar-refractivity contribution in [3.8, 4) is 11.1 Å². The molecule has 1 aromatic heterocycles. The highest BCUT2D eigenvalue weighted by atomic mass is 32.1. The Kier molecular flexibility index (Phi) is 6.65. The molecule has 1 N–H and O–H groups in total. The Hall–Kier alpha value is -2.92. The first-order valence-corrected chi connectivity index (χ1v) is 11.3. The summed E-state index contributed by atoms with van der Waals surface area (Å²) in [4.78, 5) is 25.7. The number of rotatable bonds is 5. The van der Waals surface area contributed by atoms with E-state index in [2.05, 4.69) is 39.1 Å². The molecule has 31 heavy (non-hydrogen) atoms. The molecule has 0 aliphatic carbocycles. The molecular weight excluding hydrogens is 406 g/mol. The van der Waals surface area contributed by atoms with E-state index in [0.29, 0.717) is 16.1 Å². The molecule has 5 heteroatoms. The third kappa shape index (κ3) is 5.05. The molecule has 0 bridgehead atoms. The third-order valence-corrected chi connectivity index (χ3v) is 6.22. The highest BCUT2D eigenvalue weighted by Crippen LogP contribution is 2.37. The van der Waals surface area contributed by atoms with Crippen LogP contribution in [0.2, 0.25) is 0 Å². The summed E-state index contributed by atoms with van der Waals surface area (Å²) in [6.07, 6.45) is 0. The van der Waals surface area contributed by atoms with Crippen LogP contribution < -0.4 is 5.32 Å². The highest BCUT2D eigenvalue weighted by Gasteiger charge is 2.23. The van der Waals surface area contributed by atoms with E-state index in [-0.39, 0.29) is 17.9 Å². The zero-order chi connectivity index (χ0) is 22.8. The molecule has 0 unspecified atom stereocenters. The van der Waals surface area contributed by atoms with Gasteiger partial charge in [0, 0.05) is 16.5 Å². The average Bonchev–Trinajstić information content (AvgIpc) is 3.13. The monoisotopic (exact) mass is 435 g/mol. The Morgan fingerprint density at radius 2 is 1.68 bits per heavy atom. The van der Waals surface area contributed by atoms with E-state index < -0.39 is 5.97 Å². The lowest BCUT2D eigenvalue weighted by atomic mass is 9.87. The van der Waals surface area contributed by atoms with Crippen LogP contribution in [0.15, 0.2) is 47.8 Å². The minimum absolute atomic E-state index is 0.0148. The van der Waals surface area contributed by atoms with Crippen molar-refractivity contribution in [2.45, 2.75) is 47.0 Å². The maximum atomic E-state index is 12.9. The van der Waals surface area contributed by atoms with E-state index in [4.69, 9.17) is 4.74 Å². The molecule has 162 valence electrons. The van der Waals surface area contributed by atoms with Gasteiger partial charge in [-0.1, -0.05) is 51.1 Å². The average molecular weight is 436 g/mol. The first-order chi connectivity index (χ1) is 14.6. The van der Waals surface area contributed by atoms with Crippen molar-refractivity contribution >= 4 is 28.2 Å². The molecule has 2 aromatic carbocycles. The lowest BCUT2D eigenvalue weighted by Crippen LogP contribution is -2.16. The van der Waals surface area contributed by atoms with Crippen LogP contribution in [0.4, 0.5) is 5.00 Å². The predicted molar refractivity (Wildman–Crippen MR) is 128 cm³/mol. The third-order valence-electron chi connectivity index (χ3n) is 5.33. The summed E-state index contributed by atoms with van der Waals surface area (Å²) in [5.41, 5.74) is 6.14. The van der Waals surface area contributed by atoms with Crippen LogP contribution in [0.25, 0.3) is 11.1 Å². The van der Waals surface area contributed by atoms with Gasteiger partial charge in [-0.25, -0.2) is 4.79 Å². The molecule has 0 aliphatic heterocycles. The van der Waals surface area contributed by atoms with E-state index >= 15 is 0 Å². The van der Waals surface area contributed by atoms with Crippen molar-refractivity contribution < 1.29 is 14.3 Å². The van der Waals surface area contributed by atoms with Gasteiger partial charge in [0.05, 0.1) is 6.61 Å². The van der Waals surface area contributed by atoms with Crippen molar-refractivity contribution in [3.05, 3.63) is 75.7 Å². The number of anilines is 1. The number of hydrogen-bond acceptors (Lipinski definition) is 4. The molecule has 0 spiro atoms. The van der Waals surface area contributed by atoms with Crippen LogP contribution in [0.3, 0.4) is 0 Å². The summed E-state index contributed by atoms with van der Waals surface area (Å²) in [5, 5.41) is 5.31. The molecule has 0 saturated carbocycles. The molecule has 4 nitrogen and oxygen atoms in total. The fraction of sp³-hybridized carbons (Fsp3) is 0.308. The van der Waals surface area contributed by atoms with E-state index in [1.807, 2.05) is 48.7 Å². The fourth-order valence-corrected chi connectivity index (χ4v) is 4.23. The van der Waals surface area contributed by atoms with E-state index in [9.17, 15) is 9.59 Å². The second-order valence-electron chi connectivity index (χ2n) is 8.65. The molecule has 0 fully saturated rings. The fourth-order valence-electron chi connectivity index (χ4n) is 3.27. The molecule has 3 aromatic rings. The normalized spacial score (nSPS) is 11.3. The Morgan fingerprint density at radius 1 is 1.00 bits per heavy atom. The van der Waals surface area contributed by atoms with Gasteiger partial charge in [-0.05, 0) is 60.6 Å². The van der Waals surface area contributed by atoms with Crippen molar-refractivity contribution in [1.29, 1.82) is 0 Å². The van der Waals surface area contributed by atoms with Gasteiger partial charge in [-0.15, -0.1) is 11.3 Å². The smallest absolute Gasteiger partial charge is 0.341 e. The number of carbonyl (C=O) groups is 2. The number of ether oxygens (including phenoxy) is 1. The van der Waals surface area contributed by atoms with Gasteiger partial charge in [-0.3, -0.25) is 4.79 Å². The lowest BCUT2D eigenvalue weighted by Gasteiger charge is -2.19. The van der Waals surface area contributed by atoms with Gasteiger partial charge in [0.15, 0.2) is 0 Å². The number of hydrogen-bond donors (Lipinski definition) is 1. The van der Waals surface area contributed by atoms with E-state index in [1.54, 1.807) is 6.92 Å². The Bertz CT molecular complexity index is 1100. The van der Waals surface area contributed by atoms with E-state index in [0.717, 1.165) is 22.3 Å². The van der Waals surface area contributed by atoms with Crippen molar-refractivity contribution in [2.75, 3.05) is 11.9 Å². The lowest BCUT2D eigenvalue weighted by molar-refractivity contribution is 0.0529. The second-order valence-corrected chi connectivity index (χ2v) is 9.53. The molecule has 0 atom stereocenters. The number of nitrogens with one attached hydrogen (secondary N) is 1. The Labute approximate surface area is 188 Å².